The minimum atomic E-state index is -0.643. The molecule has 0 aliphatic rings. The molecule has 0 aliphatic heterocycles. The van der Waals surface area contributed by atoms with Crippen LogP contribution >= 0.6 is 47.8 Å². The fourth-order valence-electron chi connectivity index (χ4n) is 1.78. The van der Waals surface area contributed by atoms with Gasteiger partial charge in [0.25, 0.3) is 0 Å². The highest BCUT2D eigenvalue weighted by atomic mass is 79.9. The summed E-state index contributed by atoms with van der Waals surface area (Å²) < 4.78 is 15.5. The van der Waals surface area contributed by atoms with Gasteiger partial charge in [0.15, 0.2) is 0 Å². The van der Waals surface area contributed by atoms with Crippen LogP contribution in [-0.4, -0.2) is 5.11 Å². The molecule has 2 aromatic carbocycles. The summed E-state index contributed by atoms with van der Waals surface area (Å²) in [6.45, 7) is 0. The minimum absolute atomic E-state index is 0.296. The Balaban J connectivity index is 2.22. The van der Waals surface area contributed by atoms with Gasteiger partial charge in [-0.25, -0.2) is 4.39 Å². The average Bonchev–Trinajstić information content (AvgIpc) is 2.31. The summed E-state index contributed by atoms with van der Waals surface area (Å²) in [6, 6.07) is 10.1. The van der Waals surface area contributed by atoms with E-state index in [1.807, 2.05) is 18.2 Å². The Morgan fingerprint density at radius 1 is 1.00 bits per heavy atom. The van der Waals surface area contributed by atoms with Crippen molar-refractivity contribution < 1.29 is 9.50 Å². The zero-order valence-corrected chi connectivity index (χ0v) is 14.5. The summed E-state index contributed by atoms with van der Waals surface area (Å²) in [6.07, 6.45) is -0.223. The van der Waals surface area contributed by atoms with E-state index >= 15 is 0 Å². The maximum atomic E-state index is 13.0. The molecule has 0 aliphatic carbocycles. The summed E-state index contributed by atoms with van der Waals surface area (Å²) in [5.41, 5.74) is 1.67. The Morgan fingerprint density at radius 2 is 1.63 bits per heavy atom. The smallest absolute Gasteiger partial charge is 0.124 e. The first-order valence-corrected chi connectivity index (χ1v) is 7.91. The third-order valence-corrected chi connectivity index (χ3v) is 4.35. The van der Waals surface area contributed by atoms with Crippen LogP contribution in [0.5, 0.6) is 0 Å². The first kappa shape index (κ1) is 15.2. The number of rotatable bonds is 3. The fraction of sp³-hybridized carbons (Fsp3) is 0.143. The van der Waals surface area contributed by atoms with Crippen molar-refractivity contribution in [3.05, 3.63) is 66.8 Å². The number of benzene rings is 2. The van der Waals surface area contributed by atoms with Gasteiger partial charge in [0.05, 0.1) is 6.10 Å². The molecule has 0 aromatic heterocycles. The zero-order chi connectivity index (χ0) is 14.0. The van der Waals surface area contributed by atoms with Gasteiger partial charge in [-0.2, -0.15) is 0 Å². The van der Waals surface area contributed by atoms with Crippen molar-refractivity contribution in [3.8, 4) is 0 Å². The van der Waals surface area contributed by atoms with Gasteiger partial charge in [-0.1, -0.05) is 53.9 Å². The topological polar surface area (TPSA) is 20.2 Å². The number of aliphatic hydroxyl groups excluding tert-OH is 1. The molecule has 5 heteroatoms. The Hall–Kier alpha value is -0.230. The molecule has 0 saturated carbocycles. The van der Waals surface area contributed by atoms with E-state index in [1.165, 1.54) is 12.1 Å². The number of halogens is 4. The van der Waals surface area contributed by atoms with Crippen LogP contribution < -0.4 is 0 Å². The van der Waals surface area contributed by atoms with Crippen molar-refractivity contribution in [2.75, 3.05) is 0 Å². The summed E-state index contributed by atoms with van der Waals surface area (Å²) in [4.78, 5) is 0. The van der Waals surface area contributed by atoms with Crippen LogP contribution in [-0.2, 0) is 6.42 Å². The van der Waals surface area contributed by atoms with Gasteiger partial charge in [-0.15, -0.1) is 0 Å². The maximum absolute atomic E-state index is 13.0. The Labute approximate surface area is 136 Å². The van der Waals surface area contributed by atoms with Crippen LogP contribution in [0.4, 0.5) is 4.39 Å². The molecule has 0 heterocycles. The fourth-order valence-corrected chi connectivity index (χ4v) is 3.62. The zero-order valence-electron chi connectivity index (χ0n) is 9.71. The first-order chi connectivity index (χ1) is 8.95. The molecule has 1 unspecified atom stereocenters. The number of hydrogen-bond donors (Lipinski definition) is 1. The monoisotopic (exact) mass is 450 g/mol. The van der Waals surface area contributed by atoms with E-state index in [0.29, 0.717) is 10.9 Å². The van der Waals surface area contributed by atoms with Crippen molar-refractivity contribution in [3.63, 3.8) is 0 Å². The lowest BCUT2D eigenvalue weighted by atomic mass is 10.0. The van der Waals surface area contributed by atoms with Gasteiger partial charge in [-0.05, 0) is 41.5 Å². The van der Waals surface area contributed by atoms with Gasteiger partial charge < -0.3 is 5.11 Å². The van der Waals surface area contributed by atoms with Crippen molar-refractivity contribution in [2.45, 2.75) is 12.5 Å². The van der Waals surface area contributed by atoms with Gasteiger partial charge >= 0.3 is 0 Å². The lowest BCUT2D eigenvalue weighted by Crippen LogP contribution is -2.03. The molecule has 19 heavy (non-hydrogen) atoms. The van der Waals surface area contributed by atoms with Gasteiger partial charge in [0, 0.05) is 19.8 Å². The highest BCUT2D eigenvalue weighted by Crippen LogP contribution is 2.28. The molecular formula is C14H10Br3FO. The van der Waals surface area contributed by atoms with E-state index in [4.69, 9.17) is 0 Å². The standard InChI is InChI=1S/C14H10Br3FO/c15-10-3-9(4-11(16)6-10)14(19)5-8-1-2-12(18)7-13(8)17/h1-4,6-7,14,19H,5H2. The normalized spacial score (nSPS) is 12.5. The van der Waals surface area contributed by atoms with Gasteiger partial charge in [0.2, 0.25) is 0 Å². The van der Waals surface area contributed by atoms with Crippen molar-refractivity contribution in [1.29, 1.82) is 0 Å². The van der Waals surface area contributed by atoms with Crippen LogP contribution in [0.3, 0.4) is 0 Å². The molecule has 0 spiro atoms. The predicted octanol–water partition coefficient (Wildman–Crippen LogP) is 5.39. The van der Waals surface area contributed by atoms with Crippen molar-refractivity contribution >= 4 is 47.8 Å². The molecule has 1 atom stereocenters. The molecule has 0 amide bonds. The second-order valence-electron chi connectivity index (χ2n) is 4.16. The van der Waals surface area contributed by atoms with Crippen LogP contribution in [0.15, 0.2) is 49.8 Å². The molecule has 0 saturated heterocycles. The lowest BCUT2D eigenvalue weighted by molar-refractivity contribution is 0.178. The summed E-state index contributed by atoms with van der Waals surface area (Å²) >= 11 is 10.1. The van der Waals surface area contributed by atoms with Crippen LogP contribution in [0.25, 0.3) is 0 Å². The van der Waals surface area contributed by atoms with E-state index in [-0.39, 0.29) is 5.82 Å². The van der Waals surface area contributed by atoms with E-state index in [2.05, 4.69) is 47.8 Å². The first-order valence-electron chi connectivity index (χ1n) is 5.53. The Morgan fingerprint density at radius 3 is 2.21 bits per heavy atom. The average molecular weight is 453 g/mol. The summed E-state index contributed by atoms with van der Waals surface area (Å²) in [5.74, 6) is -0.296. The molecule has 0 bridgehead atoms. The highest BCUT2D eigenvalue weighted by molar-refractivity contribution is 9.11. The molecule has 0 fully saturated rings. The molecule has 1 N–H and O–H groups in total. The lowest BCUT2D eigenvalue weighted by Gasteiger charge is -2.13. The predicted molar refractivity (Wildman–Crippen MR) is 84.6 cm³/mol. The molecule has 2 aromatic rings. The van der Waals surface area contributed by atoms with E-state index in [0.717, 1.165) is 20.1 Å². The van der Waals surface area contributed by atoms with Gasteiger partial charge in [0.1, 0.15) is 5.82 Å². The van der Waals surface area contributed by atoms with Crippen LogP contribution in [0.2, 0.25) is 0 Å². The molecule has 2 rings (SSSR count). The molecule has 0 radical (unpaired) electrons. The second kappa shape index (κ2) is 6.48. The van der Waals surface area contributed by atoms with Crippen LogP contribution in [0.1, 0.15) is 17.2 Å². The number of hydrogen-bond acceptors (Lipinski definition) is 1. The minimum Gasteiger partial charge on any atom is -0.388 e. The molecular weight excluding hydrogens is 443 g/mol. The number of aliphatic hydroxyl groups is 1. The van der Waals surface area contributed by atoms with Crippen LogP contribution in [0, 0.1) is 5.82 Å². The van der Waals surface area contributed by atoms with E-state index in [1.54, 1.807) is 6.07 Å². The summed E-state index contributed by atoms with van der Waals surface area (Å²) in [5, 5.41) is 10.3. The van der Waals surface area contributed by atoms with E-state index in [9.17, 15) is 9.50 Å². The molecule has 100 valence electrons. The largest absolute Gasteiger partial charge is 0.388 e. The van der Waals surface area contributed by atoms with E-state index < -0.39 is 6.10 Å². The Kier molecular flexibility index (Phi) is 5.17. The van der Waals surface area contributed by atoms with Gasteiger partial charge in [-0.3, -0.25) is 0 Å². The maximum Gasteiger partial charge on any atom is 0.124 e. The quantitative estimate of drug-likeness (QED) is 0.662. The Bertz CT molecular complexity index is 581. The SMILES string of the molecule is OC(Cc1ccc(F)cc1Br)c1cc(Br)cc(Br)c1. The second-order valence-corrected chi connectivity index (χ2v) is 6.84. The third kappa shape index (κ3) is 4.12. The highest BCUT2D eigenvalue weighted by Gasteiger charge is 2.12. The van der Waals surface area contributed by atoms with Crippen molar-refractivity contribution in [2.24, 2.45) is 0 Å². The summed E-state index contributed by atoms with van der Waals surface area (Å²) in [7, 11) is 0. The van der Waals surface area contributed by atoms with Crippen molar-refractivity contribution in [1.82, 2.24) is 0 Å². The molecule has 1 nitrogen and oxygen atoms in total. The third-order valence-electron chi connectivity index (χ3n) is 2.70.